The molecular formula is C10H20N2O2. The summed E-state index contributed by atoms with van der Waals surface area (Å²) in [6.45, 7) is 6.33. The number of primary amides is 1. The maximum atomic E-state index is 10.8. The number of amides is 1. The van der Waals surface area contributed by atoms with Crippen LogP contribution in [-0.2, 0) is 9.53 Å². The van der Waals surface area contributed by atoms with E-state index in [2.05, 4.69) is 12.2 Å². The second-order valence-corrected chi connectivity index (χ2v) is 4.12. The number of carbonyl (C=O) groups is 1. The van der Waals surface area contributed by atoms with Crippen LogP contribution in [0.15, 0.2) is 0 Å². The minimum Gasteiger partial charge on any atom is -0.381 e. The predicted octanol–water partition coefficient (Wildman–Crippen LogP) is 0.122. The van der Waals surface area contributed by atoms with E-state index in [1.807, 2.05) is 6.92 Å². The van der Waals surface area contributed by atoms with Crippen molar-refractivity contribution in [2.45, 2.75) is 26.3 Å². The molecule has 0 radical (unpaired) electrons. The summed E-state index contributed by atoms with van der Waals surface area (Å²) in [6.07, 6.45) is 1.11. The van der Waals surface area contributed by atoms with Crippen LogP contribution in [0.4, 0.5) is 0 Å². The molecule has 1 saturated heterocycles. The van der Waals surface area contributed by atoms with Crippen LogP contribution < -0.4 is 11.1 Å². The van der Waals surface area contributed by atoms with Gasteiger partial charge in [-0.15, -0.1) is 0 Å². The van der Waals surface area contributed by atoms with Gasteiger partial charge >= 0.3 is 0 Å². The third-order valence-corrected chi connectivity index (χ3v) is 2.90. The molecule has 4 nitrogen and oxygen atoms in total. The van der Waals surface area contributed by atoms with Gasteiger partial charge < -0.3 is 15.8 Å². The molecule has 3 atom stereocenters. The van der Waals surface area contributed by atoms with Crippen LogP contribution in [0.25, 0.3) is 0 Å². The molecule has 3 unspecified atom stereocenters. The van der Waals surface area contributed by atoms with Gasteiger partial charge in [0, 0.05) is 25.1 Å². The number of hydrogen-bond donors (Lipinski definition) is 2. The highest BCUT2D eigenvalue weighted by molar-refractivity contribution is 5.76. The standard InChI is InChI=1S/C10H20N2O2/c1-7(10(11)13)5-12-8(2)9-3-4-14-6-9/h7-9,12H,3-6H2,1-2H3,(H2,11,13). The average molecular weight is 200 g/mol. The lowest BCUT2D eigenvalue weighted by molar-refractivity contribution is -0.121. The Kier molecular flexibility index (Phi) is 4.35. The molecule has 0 spiro atoms. The molecule has 0 saturated carbocycles. The first-order chi connectivity index (χ1) is 6.61. The molecule has 0 aromatic heterocycles. The van der Waals surface area contributed by atoms with Crippen molar-refractivity contribution in [3.63, 3.8) is 0 Å². The van der Waals surface area contributed by atoms with Gasteiger partial charge in [0.05, 0.1) is 6.61 Å². The molecule has 0 bridgehead atoms. The first-order valence-corrected chi connectivity index (χ1v) is 5.21. The molecule has 0 aromatic rings. The second-order valence-electron chi connectivity index (χ2n) is 4.12. The van der Waals surface area contributed by atoms with Gasteiger partial charge in [0.2, 0.25) is 5.91 Å². The number of rotatable bonds is 5. The molecule has 1 amide bonds. The molecule has 1 heterocycles. The number of hydrogen-bond acceptors (Lipinski definition) is 3. The van der Waals surface area contributed by atoms with Crippen molar-refractivity contribution in [1.82, 2.24) is 5.32 Å². The first-order valence-electron chi connectivity index (χ1n) is 5.21. The van der Waals surface area contributed by atoms with Crippen molar-refractivity contribution >= 4 is 5.91 Å². The van der Waals surface area contributed by atoms with Gasteiger partial charge in [0.25, 0.3) is 0 Å². The van der Waals surface area contributed by atoms with Crippen molar-refractivity contribution in [2.24, 2.45) is 17.6 Å². The van der Waals surface area contributed by atoms with Crippen LogP contribution in [0.3, 0.4) is 0 Å². The van der Waals surface area contributed by atoms with E-state index in [0.29, 0.717) is 18.5 Å². The summed E-state index contributed by atoms with van der Waals surface area (Å²) >= 11 is 0. The van der Waals surface area contributed by atoms with E-state index in [0.717, 1.165) is 19.6 Å². The third kappa shape index (κ3) is 3.27. The van der Waals surface area contributed by atoms with Crippen molar-refractivity contribution in [1.29, 1.82) is 0 Å². The second kappa shape index (κ2) is 5.32. The Labute approximate surface area is 85.2 Å². The minimum absolute atomic E-state index is 0.0974. The summed E-state index contributed by atoms with van der Waals surface area (Å²) in [7, 11) is 0. The highest BCUT2D eigenvalue weighted by atomic mass is 16.5. The van der Waals surface area contributed by atoms with Crippen LogP contribution in [0.1, 0.15) is 20.3 Å². The Bertz CT molecular complexity index is 191. The van der Waals surface area contributed by atoms with E-state index in [1.54, 1.807) is 0 Å². The minimum atomic E-state index is -0.243. The first kappa shape index (κ1) is 11.5. The Balaban J connectivity index is 2.19. The monoisotopic (exact) mass is 200 g/mol. The fraction of sp³-hybridized carbons (Fsp3) is 0.900. The Morgan fingerprint density at radius 3 is 2.86 bits per heavy atom. The smallest absolute Gasteiger partial charge is 0.221 e. The largest absolute Gasteiger partial charge is 0.381 e. The molecular weight excluding hydrogens is 180 g/mol. The van der Waals surface area contributed by atoms with Gasteiger partial charge in [-0.25, -0.2) is 0 Å². The highest BCUT2D eigenvalue weighted by Gasteiger charge is 2.22. The summed E-state index contributed by atoms with van der Waals surface area (Å²) in [5, 5.41) is 3.32. The molecule has 0 aliphatic carbocycles. The van der Waals surface area contributed by atoms with E-state index in [-0.39, 0.29) is 11.8 Å². The summed E-state index contributed by atoms with van der Waals surface area (Å²) < 4.78 is 5.30. The zero-order valence-corrected chi connectivity index (χ0v) is 8.95. The highest BCUT2D eigenvalue weighted by Crippen LogP contribution is 2.16. The fourth-order valence-corrected chi connectivity index (χ4v) is 1.58. The SMILES string of the molecule is CC(CNC(C)C1CCOC1)C(N)=O. The van der Waals surface area contributed by atoms with E-state index >= 15 is 0 Å². The third-order valence-electron chi connectivity index (χ3n) is 2.90. The molecule has 3 N–H and O–H groups in total. The maximum Gasteiger partial charge on any atom is 0.221 e. The number of ether oxygens (including phenoxy) is 1. The van der Waals surface area contributed by atoms with Crippen LogP contribution in [0, 0.1) is 11.8 Å². The average Bonchev–Trinajstić information content (AvgIpc) is 2.66. The summed E-state index contributed by atoms with van der Waals surface area (Å²) in [6, 6.07) is 0.402. The molecule has 1 aliphatic rings. The van der Waals surface area contributed by atoms with Crippen LogP contribution in [0.2, 0.25) is 0 Å². The van der Waals surface area contributed by atoms with Crippen LogP contribution in [-0.4, -0.2) is 31.7 Å². The maximum absolute atomic E-state index is 10.8. The normalized spacial score (nSPS) is 26.0. The number of carbonyl (C=O) groups excluding carboxylic acids is 1. The Morgan fingerprint density at radius 1 is 1.64 bits per heavy atom. The molecule has 0 aromatic carbocycles. The number of nitrogens with two attached hydrogens (primary N) is 1. The molecule has 4 heteroatoms. The van der Waals surface area contributed by atoms with Gasteiger partial charge in [0.15, 0.2) is 0 Å². The summed E-state index contributed by atoms with van der Waals surface area (Å²) in [4.78, 5) is 10.8. The lowest BCUT2D eigenvalue weighted by Crippen LogP contribution is -2.39. The lowest BCUT2D eigenvalue weighted by atomic mass is 10.00. The molecule has 1 aliphatic heterocycles. The molecule has 1 fully saturated rings. The van der Waals surface area contributed by atoms with Gasteiger partial charge in [-0.1, -0.05) is 6.92 Å². The fourth-order valence-electron chi connectivity index (χ4n) is 1.58. The van der Waals surface area contributed by atoms with Gasteiger partial charge in [-0.2, -0.15) is 0 Å². The van der Waals surface area contributed by atoms with Gasteiger partial charge in [-0.05, 0) is 19.3 Å². The van der Waals surface area contributed by atoms with Crippen LogP contribution in [0.5, 0.6) is 0 Å². The zero-order valence-electron chi connectivity index (χ0n) is 8.95. The van der Waals surface area contributed by atoms with E-state index in [9.17, 15) is 4.79 Å². The van der Waals surface area contributed by atoms with Gasteiger partial charge in [-0.3, -0.25) is 4.79 Å². The van der Waals surface area contributed by atoms with Crippen molar-refractivity contribution in [3.8, 4) is 0 Å². The van der Waals surface area contributed by atoms with E-state index in [1.165, 1.54) is 0 Å². The van der Waals surface area contributed by atoms with E-state index in [4.69, 9.17) is 10.5 Å². The Morgan fingerprint density at radius 2 is 2.36 bits per heavy atom. The van der Waals surface area contributed by atoms with Crippen molar-refractivity contribution in [2.75, 3.05) is 19.8 Å². The summed E-state index contributed by atoms with van der Waals surface area (Å²) in [5.41, 5.74) is 5.17. The lowest BCUT2D eigenvalue weighted by Gasteiger charge is -2.20. The quantitative estimate of drug-likeness (QED) is 0.662. The summed E-state index contributed by atoms with van der Waals surface area (Å²) in [5.74, 6) is 0.238. The molecule has 14 heavy (non-hydrogen) atoms. The van der Waals surface area contributed by atoms with E-state index < -0.39 is 0 Å². The predicted molar refractivity (Wildman–Crippen MR) is 54.7 cm³/mol. The van der Waals surface area contributed by atoms with Crippen molar-refractivity contribution < 1.29 is 9.53 Å². The van der Waals surface area contributed by atoms with Crippen LogP contribution >= 0.6 is 0 Å². The molecule has 82 valence electrons. The Hall–Kier alpha value is -0.610. The van der Waals surface area contributed by atoms with Crippen molar-refractivity contribution in [3.05, 3.63) is 0 Å². The topological polar surface area (TPSA) is 64.3 Å². The zero-order chi connectivity index (χ0) is 10.6. The van der Waals surface area contributed by atoms with Gasteiger partial charge in [0.1, 0.15) is 0 Å². The number of nitrogens with one attached hydrogen (secondary N) is 1. The molecule has 1 rings (SSSR count).